The van der Waals surface area contributed by atoms with Crippen LogP contribution in [0.25, 0.3) is 0 Å². The van der Waals surface area contributed by atoms with Crippen molar-refractivity contribution in [2.75, 3.05) is 18.4 Å². The van der Waals surface area contributed by atoms with E-state index < -0.39 is 0 Å². The molecule has 0 radical (unpaired) electrons. The van der Waals surface area contributed by atoms with Crippen LogP contribution in [0, 0.1) is 12.8 Å². The Kier molecular flexibility index (Phi) is 4.13. The predicted octanol–water partition coefficient (Wildman–Crippen LogP) is 3.30. The molecule has 3 nitrogen and oxygen atoms in total. The number of likely N-dealkylation sites (tertiary alicyclic amines) is 1. The summed E-state index contributed by atoms with van der Waals surface area (Å²) in [5.41, 5.74) is 2.97. The Balaban J connectivity index is 2.19. The first-order valence-electron chi connectivity index (χ1n) is 7.16. The molecular formula is C16H24N2O. The Morgan fingerprint density at radius 3 is 2.47 bits per heavy atom. The summed E-state index contributed by atoms with van der Waals surface area (Å²) in [5, 5.41) is 3.51. The molecule has 0 bridgehead atoms. The van der Waals surface area contributed by atoms with E-state index in [0.717, 1.165) is 36.3 Å². The number of carbonyl (C=O) groups is 1. The maximum Gasteiger partial charge on any atom is 0.254 e. The van der Waals surface area contributed by atoms with E-state index in [9.17, 15) is 4.79 Å². The lowest BCUT2D eigenvalue weighted by Crippen LogP contribution is -2.42. The van der Waals surface area contributed by atoms with Crippen LogP contribution in [0.4, 0.5) is 5.69 Å². The summed E-state index contributed by atoms with van der Waals surface area (Å²) in [5.74, 6) is 0.735. The topological polar surface area (TPSA) is 32.3 Å². The van der Waals surface area contributed by atoms with Gasteiger partial charge < -0.3 is 10.2 Å². The SMILES string of the molecule is Cc1c(N[C@@H](C)C(C)C)cccc1C(=O)N1CCC1. The van der Waals surface area contributed by atoms with Crippen molar-refractivity contribution < 1.29 is 4.79 Å². The number of carbonyl (C=O) groups excluding carboxylic acids is 1. The zero-order valence-corrected chi connectivity index (χ0v) is 12.4. The van der Waals surface area contributed by atoms with E-state index in [-0.39, 0.29) is 5.91 Å². The molecule has 0 saturated carbocycles. The zero-order valence-electron chi connectivity index (χ0n) is 12.4. The average Bonchev–Trinajstić information content (AvgIpc) is 2.29. The van der Waals surface area contributed by atoms with E-state index in [2.05, 4.69) is 32.2 Å². The summed E-state index contributed by atoms with van der Waals surface area (Å²) in [7, 11) is 0. The molecule has 0 spiro atoms. The first kappa shape index (κ1) is 13.9. The molecule has 1 aromatic rings. The van der Waals surface area contributed by atoms with Gasteiger partial charge in [-0.1, -0.05) is 19.9 Å². The van der Waals surface area contributed by atoms with Gasteiger partial charge in [0.1, 0.15) is 0 Å². The second-order valence-electron chi connectivity index (χ2n) is 5.80. The van der Waals surface area contributed by atoms with Crippen LogP contribution >= 0.6 is 0 Å². The fourth-order valence-electron chi connectivity index (χ4n) is 2.13. The van der Waals surface area contributed by atoms with Crippen molar-refractivity contribution in [1.82, 2.24) is 4.90 Å². The van der Waals surface area contributed by atoms with Gasteiger partial charge in [0.15, 0.2) is 0 Å². The molecule has 3 heteroatoms. The minimum Gasteiger partial charge on any atom is -0.382 e. The van der Waals surface area contributed by atoms with Gasteiger partial charge in [-0.3, -0.25) is 4.79 Å². The number of rotatable bonds is 4. The van der Waals surface area contributed by atoms with E-state index in [1.54, 1.807) is 0 Å². The van der Waals surface area contributed by atoms with Gasteiger partial charge in [0.05, 0.1) is 0 Å². The molecule has 1 fully saturated rings. The Bertz CT molecular complexity index is 464. The number of nitrogens with one attached hydrogen (secondary N) is 1. The molecule has 1 saturated heterocycles. The van der Waals surface area contributed by atoms with Crippen molar-refractivity contribution in [2.24, 2.45) is 5.92 Å². The van der Waals surface area contributed by atoms with Crippen LogP contribution < -0.4 is 5.32 Å². The summed E-state index contributed by atoms with van der Waals surface area (Å²) in [6, 6.07) is 6.35. The Labute approximate surface area is 116 Å². The molecule has 0 aromatic heterocycles. The van der Waals surface area contributed by atoms with Crippen molar-refractivity contribution in [3.8, 4) is 0 Å². The minimum atomic E-state index is 0.171. The van der Waals surface area contributed by atoms with Crippen LogP contribution in [0.1, 0.15) is 43.1 Å². The van der Waals surface area contributed by atoms with Gasteiger partial charge >= 0.3 is 0 Å². The zero-order chi connectivity index (χ0) is 14.0. The Morgan fingerprint density at radius 2 is 1.95 bits per heavy atom. The van der Waals surface area contributed by atoms with Crippen LogP contribution in [0.15, 0.2) is 18.2 Å². The van der Waals surface area contributed by atoms with Gasteiger partial charge in [0, 0.05) is 30.4 Å². The highest BCUT2D eigenvalue weighted by Crippen LogP contribution is 2.23. The molecule has 1 N–H and O–H groups in total. The first-order valence-corrected chi connectivity index (χ1v) is 7.16. The molecule has 1 aliphatic rings. The van der Waals surface area contributed by atoms with Crippen LogP contribution in [0.3, 0.4) is 0 Å². The van der Waals surface area contributed by atoms with Gasteiger partial charge in [-0.25, -0.2) is 0 Å². The molecule has 1 aromatic carbocycles. The third-order valence-corrected chi connectivity index (χ3v) is 4.09. The quantitative estimate of drug-likeness (QED) is 0.901. The Morgan fingerprint density at radius 1 is 1.26 bits per heavy atom. The fraction of sp³-hybridized carbons (Fsp3) is 0.562. The van der Waals surface area contributed by atoms with E-state index in [0.29, 0.717) is 12.0 Å². The highest BCUT2D eigenvalue weighted by Gasteiger charge is 2.23. The summed E-state index contributed by atoms with van der Waals surface area (Å²) in [6.45, 7) is 10.4. The van der Waals surface area contributed by atoms with Crippen molar-refractivity contribution >= 4 is 11.6 Å². The molecule has 104 valence electrons. The molecule has 1 aliphatic heterocycles. The molecule has 0 unspecified atom stereocenters. The molecule has 19 heavy (non-hydrogen) atoms. The first-order chi connectivity index (χ1) is 9.00. The highest BCUT2D eigenvalue weighted by atomic mass is 16.2. The monoisotopic (exact) mass is 260 g/mol. The molecule has 1 atom stereocenters. The lowest BCUT2D eigenvalue weighted by Gasteiger charge is -2.31. The number of amides is 1. The van der Waals surface area contributed by atoms with Crippen molar-refractivity contribution in [1.29, 1.82) is 0 Å². The molecule has 2 rings (SSSR count). The maximum atomic E-state index is 12.3. The minimum absolute atomic E-state index is 0.171. The van der Waals surface area contributed by atoms with E-state index in [4.69, 9.17) is 0 Å². The standard InChI is InChI=1S/C16H24N2O/c1-11(2)13(4)17-15-8-5-7-14(12(15)3)16(19)18-9-6-10-18/h5,7-8,11,13,17H,6,9-10H2,1-4H3/t13-/m0/s1. The van der Waals surface area contributed by atoms with Crippen molar-refractivity contribution in [2.45, 2.75) is 40.2 Å². The second kappa shape index (κ2) is 5.64. The summed E-state index contributed by atoms with van der Waals surface area (Å²) in [4.78, 5) is 14.2. The van der Waals surface area contributed by atoms with E-state index in [1.807, 2.05) is 24.0 Å². The summed E-state index contributed by atoms with van der Waals surface area (Å²) >= 11 is 0. The van der Waals surface area contributed by atoms with Gasteiger partial charge in [-0.2, -0.15) is 0 Å². The molecular weight excluding hydrogens is 236 g/mol. The summed E-state index contributed by atoms with van der Waals surface area (Å²) < 4.78 is 0. The van der Waals surface area contributed by atoms with Crippen LogP contribution in [-0.2, 0) is 0 Å². The number of anilines is 1. The smallest absolute Gasteiger partial charge is 0.254 e. The third-order valence-electron chi connectivity index (χ3n) is 4.09. The predicted molar refractivity (Wildman–Crippen MR) is 79.6 cm³/mol. The maximum absolute atomic E-state index is 12.3. The summed E-state index contributed by atoms with van der Waals surface area (Å²) in [6.07, 6.45) is 1.13. The van der Waals surface area contributed by atoms with Crippen LogP contribution in [-0.4, -0.2) is 29.9 Å². The Hall–Kier alpha value is -1.51. The second-order valence-corrected chi connectivity index (χ2v) is 5.80. The lowest BCUT2D eigenvalue weighted by molar-refractivity contribution is 0.0651. The van der Waals surface area contributed by atoms with Crippen molar-refractivity contribution in [3.63, 3.8) is 0 Å². The largest absolute Gasteiger partial charge is 0.382 e. The number of benzene rings is 1. The lowest BCUT2D eigenvalue weighted by atomic mass is 10.0. The average molecular weight is 260 g/mol. The number of hydrogen-bond acceptors (Lipinski definition) is 2. The fourth-order valence-corrected chi connectivity index (χ4v) is 2.13. The highest BCUT2D eigenvalue weighted by molar-refractivity contribution is 5.97. The van der Waals surface area contributed by atoms with Crippen LogP contribution in [0.2, 0.25) is 0 Å². The number of nitrogens with zero attached hydrogens (tertiary/aromatic N) is 1. The van der Waals surface area contributed by atoms with E-state index in [1.165, 1.54) is 0 Å². The van der Waals surface area contributed by atoms with Crippen molar-refractivity contribution in [3.05, 3.63) is 29.3 Å². The van der Waals surface area contributed by atoms with Gasteiger partial charge in [-0.05, 0) is 43.9 Å². The molecule has 1 amide bonds. The molecule has 1 heterocycles. The van der Waals surface area contributed by atoms with E-state index >= 15 is 0 Å². The van der Waals surface area contributed by atoms with Crippen LogP contribution in [0.5, 0.6) is 0 Å². The van der Waals surface area contributed by atoms with Gasteiger partial charge in [0.2, 0.25) is 0 Å². The number of hydrogen-bond donors (Lipinski definition) is 1. The third kappa shape index (κ3) is 2.91. The normalized spacial score (nSPS) is 16.2. The molecule has 0 aliphatic carbocycles. The van der Waals surface area contributed by atoms with Gasteiger partial charge in [0.25, 0.3) is 5.91 Å². The van der Waals surface area contributed by atoms with Gasteiger partial charge in [-0.15, -0.1) is 0 Å².